The third-order valence-electron chi connectivity index (χ3n) is 2.51. The molecule has 0 aromatic heterocycles. The van der Waals surface area contributed by atoms with Crippen molar-refractivity contribution in [2.75, 3.05) is 5.32 Å². The van der Waals surface area contributed by atoms with Gasteiger partial charge in [0.2, 0.25) is 5.91 Å². The Morgan fingerprint density at radius 1 is 1.26 bits per heavy atom. The number of rotatable bonds is 3. The van der Waals surface area contributed by atoms with Crippen LogP contribution in [0.1, 0.15) is 5.56 Å². The maximum absolute atomic E-state index is 12.9. The molecule has 0 saturated carbocycles. The van der Waals surface area contributed by atoms with Crippen LogP contribution in [0.2, 0.25) is 5.02 Å². The van der Waals surface area contributed by atoms with Gasteiger partial charge < -0.3 is 5.32 Å². The van der Waals surface area contributed by atoms with E-state index < -0.39 is 0 Å². The summed E-state index contributed by atoms with van der Waals surface area (Å²) >= 11 is 9.18. The molecule has 0 aliphatic carbocycles. The first-order valence-corrected chi connectivity index (χ1v) is 6.71. The van der Waals surface area contributed by atoms with E-state index in [0.29, 0.717) is 15.2 Å². The van der Waals surface area contributed by atoms with Crippen LogP contribution in [0.4, 0.5) is 10.1 Å². The molecule has 0 bridgehead atoms. The lowest BCUT2D eigenvalue weighted by molar-refractivity contribution is -0.115. The second-order valence-electron chi connectivity index (χ2n) is 3.94. The lowest BCUT2D eigenvalue weighted by Crippen LogP contribution is -2.15. The lowest BCUT2D eigenvalue weighted by Gasteiger charge is -2.08. The third kappa shape index (κ3) is 3.78. The van der Waals surface area contributed by atoms with Crippen LogP contribution in [0.15, 0.2) is 46.9 Å². The standard InChI is InChI=1S/C14H10BrClFNO/c15-11-8-10(17)5-6-13(11)18-14(19)7-9-3-1-2-4-12(9)16/h1-6,8H,7H2,(H,18,19). The van der Waals surface area contributed by atoms with E-state index in [1.165, 1.54) is 18.2 Å². The first-order chi connectivity index (χ1) is 9.06. The molecule has 19 heavy (non-hydrogen) atoms. The van der Waals surface area contributed by atoms with Gasteiger partial charge in [-0.25, -0.2) is 4.39 Å². The van der Waals surface area contributed by atoms with E-state index in [2.05, 4.69) is 21.2 Å². The Labute approximate surface area is 123 Å². The molecule has 0 aliphatic rings. The van der Waals surface area contributed by atoms with Gasteiger partial charge in [0.15, 0.2) is 0 Å². The van der Waals surface area contributed by atoms with Gasteiger partial charge in [0.1, 0.15) is 5.82 Å². The Balaban J connectivity index is 2.08. The topological polar surface area (TPSA) is 29.1 Å². The first-order valence-electron chi connectivity index (χ1n) is 5.54. The molecule has 1 N–H and O–H groups in total. The second kappa shape index (κ2) is 6.17. The van der Waals surface area contributed by atoms with E-state index in [9.17, 15) is 9.18 Å². The second-order valence-corrected chi connectivity index (χ2v) is 5.20. The molecular weight excluding hydrogens is 333 g/mol. The van der Waals surface area contributed by atoms with Crippen LogP contribution >= 0.6 is 27.5 Å². The molecule has 2 rings (SSSR count). The van der Waals surface area contributed by atoms with Gasteiger partial charge in [-0.1, -0.05) is 29.8 Å². The van der Waals surface area contributed by atoms with Crippen LogP contribution in [0, 0.1) is 5.82 Å². The lowest BCUT2D eigenvalue weighted by atomic mass is 10.1. The Bertz CT molecular complexity index is 618. The van der Waals surface area contributed by atoms with Crippen molar-refractivity contribution in [3.05, 3.63) is 63.3 Å². The summed E-state index contributed by atoms with van der Waals surface area (Å²) in [7, 11) is 0. The van der Waals surface area contributed by atoms with Gasteiger partial charge in [-0.15, -0.1) is 0 Å². The number of hydrogen-bond acceptors (Lipinski definition) is 1. The number of carbonyl (C=O) groups excluding carboxylic acids is 1. The highest BCUT2D eigenvalue weighted by Crippen LogP contribution is 2.23. The minimum atomic E-state index is -0.365. The summed E-state index contributed by atoms with van der Waals surface area (Å²) in [5.41, 5.74) is 1.28. The summed E-state index contributed by atoms with van der Waals surface area (Å²) in [6.45, 7) is 0. The van der Waals surface area contributed by atoms with Crippen molar-refractivity contribution in [2.45, 2.75) is 6.42 Å². The zero-order chi connectivity index (χ0) is 13.8. The van der Waals surface area contributed by atoms with Gasteiger partial charge in [0.25, 0.3) is 0 Å². The van der Waals surface area contributed by atoms with E-state index in [-0.39, 0.29) is 18.1 Å². The monoisotopic (exact) mass is 341 g/mol. The van der Waals surface area contributed by atoms with Crippen molar-refractivity contribution in [3.8, 4) is 0 Å². The molecule has 0 saturated heterocycles. The zero-order valence-electron chi connectivity index (χ0n) is 9.79. The Kier molecular flexibility index (Phi) is 4.56. The van der Waals surface area contributed by atoms with Gasteiger partial charge in [0.05, 0.1) is 12.1 Å². The third-order valence-corrected chi connectivity index (χ3v) is 3.54. The molecule has 0 aliphatic heterocycles. The molecule has 0 spiro atoms. The highest BCUT2D eigenvalue weighted by molar-refractivity contribution is 9.10. The number of nitrogens with one attached hydrogen (secondary N) is 1. The quantitative estimate of drug-likeness (QED) is 0.879. The van der Waals surface area contributed by atoms with E-state index in [4.69, 9.17) is 11.6 Å². The normalized spacial score (nSPS) is 10.3. The van der Waals surface area contributed by atoms with Crippen LogP contribution in [0.25, 0.3) is 0 Å². The summed E-state index contributed by atoms with van der Waals surface area (Å²) in [6.07, 6.45) is 0.170. The van der Waals surface area contributed by atoms with Gasteiger partial charge >= 0.3 is 0 Å². The summed E-state index contributed by atoms with van der Waals surface area (Å²) in [6, 6.07) is 11.2. The predicted octanol–water partition coefficient (Wildman–Crippen LogP) is 4.42. The fourth-order valence-corrected chi connectivity index (χ4v) is 2.25. The van der Waals surface area contributed by atoms with E-state index in [0.717, 1.165) is 5.56 Å². The predicted molar refractivity (Wildman–Crippen MR) is 77.9 cm³/mol. The number of amides is 1. The first kappa shape index (κ1) is 14.0. The minimum absolute atomic E-state index is 0.170. The fourth-order valence-electron chi connectivity index (χ4n) is 1.60. The van der Waals surface area contributed by atoms with E-state index in [1.54, 1.807) is 18.2 Å². The molecule has 0 radical (unpaired) electrons. The van der Waals surface area contributed by atoms with Crippen LogP contribution in [0.5, 0.6) is 0 Å². The average molecular weight is 343 g/mol. The van der Waals surface area contributed by atoms with Crippen LogP contribution in [-0.2, 0) is 11.2 Å². The molecule has 2 nitrogen and oxygen atoms in total. The number of carbonyl (C=O) groups is 1. The molecule has 2 aromatic rings. The molecule has 98 valence electrons. The Morgan fingerprint density at radius 2 is 2.00 bits per heavy atom. The van der Waals surface area contributed by atoms with Crippen molar-refractivity contribution in [1.82, 2.24) is 0 Å². The van der Waals surface area contributed by atoms with Crippen molar-refractivity contribution in [2.24, 2.45) is 0 Å². The smallest absolute Gasteiger partial charge is 0.228 e. The highest BCUT2D eigenvalue weighted by atomic mass is 79.9. The van der Waals surface area contributed by atoms with Crippen molar-refractivity contribution in [3.63, 3.8) is 0 Å². The van der Waals surface area contributed by atoms with Crippen molar-refractivity contribution >= 4 is 39.1 Å². The number of benzene rings is 2. The molecular formula is C14H10BrClFNO. The summed E-state index contributed by atoms with van der Waals surface area (Å²) in [4.78, 5) is 11.9. The van der Waals surface area contributed by atoms with Crippen LogP contribution < -0.4 is 5.32 Å². The summed E-state index contributed by atoms with van der Waals surface area (Å²) in [5, 5.41) is 3.25. The van der Waals surface area contributed by atoms with Crippen molar-refractivity contribution in [1.29, 1.82) is 0 Å². The number of anilines is 1. The Hall–Kier alpha value is -1.39. The van der Waals surface area contributed by atoms with Gasteiger partial charge in [0, 0.05) is 9.50 Å². The van der Waals surface area contributed by atoms with Gasteiger partial charge in [-0.05, 0) is 45.8 Å². The molecule has 5 heteroatoms. The average Bonchev–Trinajstić information content (AvgIpc) is 2.36. The molecule has 0 fully saturated rings. The maximum atomic E-state index is 12.9. The Morgan fingerprint density at radius 3 is 2.68 bits per heavy atom. The molecule has 0 atom stereocenters. The molecule has 2 aromatic carbocycles. The van der Waals surface area contributed by atoms with Gasteiger partial charge in [-0.3, -0.25) is 4.79 Å². The molecule has 0 heterocycles. The largest absolute Gasteiger partial charge is 0.325 e. The summed E-state index contributed by atoms with van der Waals surface area (Å²) in [5.74, 6) is -0.573. The molecule has 0 unspecified atom stereocenters. The van der Waals surface area contributed by atoms with E-state index >= 15 is 0 Å². The zero-order valence-corrected chi connectivity index (χ0v) is 12.1. The maximum Gasteiger partial charge on any atom is 0.228 e. The van der Waals surface area contributed by atoms with Crippen molar-refractivity contribution < 1.29 is 9.18 Å². The van der Waals surface area contributed by atoms with Crippen LogP contribution in [0.3, 0.4) is 0 Å². The minimum Gasteiger partial charge on any atom is -0.325 e. The fraction of sp³-hybridized carbons (Fsp3) is 0.0714. The SMILES string of the molecule is O=C(Cc1ccccc1Cl)Nc1ccc(F)cc1Br. The van der Waals surface area contributed by atoms with E-state index in [1.807, 2.05) is 6.07 Å². The molecule has 1 amide bonds. The number of halogens is 3. The summed E-state index contributed by atoms with van der Waals surface area (Å²) < 4.78 is 13.4. The van der Waals surface area contributed by atoms with Gasteiger partial charge in [-0.2, -0.15) is 0 Å². The number of hydrogen-bond donors (Lipinski definition) is 1. The van der Waals surface area contributed by atoms with Crippen LogP contribution in [-0.4, -0.2) is 5.91 Å². The highest BCUT2D eigenvalue weighted by Gasteiger charge is 2.09.